The van der Waals surface area contributed by atoms with Crippen molar-refractivity contribution in [1.29, 1.82) is 0 Å². The summed E-state index contributed by atoms with van der Waals surface area (Å²) in [6.45, 7) is 2.15. The number of aliphatic carboxylic acids is 1. The highest BCUT2D eigenvalue weighted by atomic mass is 16.4. The number of carboxylic acids is 1. The number of unbranched alkanes of at least 4 members (excludes halogenated alkanes) is 1. The molecular formula is C26H27N3O5. The molecule has 1 unspecified atom stereocenters. The molecule has 0 bridgehead atoms. The maximum Gasteiger partial charge on any atom is 0.326 e. The molecule has 0 aliphatic carbocycles. The third-order valence-corrected chi connectivity index (χ3v) is 5.44. The topological polar surface area (TPSA) is 139 Å². The number of nitrogens with two attached hydrogens (primary N) is 1. The first kappa shape index (κ1) is 24.6. The number of benzene rings is 3. The Bertz CT molecular complexity index is 1240. The van der Waals surface area contributed by atoms with E-state index in [1.807, 2.05) is 30.3 Å². The van der Waals surface area contributed by atoms with Crippen LogP contribution in [0.1, 0.15) is 45.5 Å². The molecule has 0 heterocycles. The van der Waals surface area contributed by atoms with Crippen LogP contribution in [-0.4, -0.2) is 41.3 Å². The maximum atomic E-state index is 12.9. The summed E-state index contributed by atoms with van der Waals surface area (Å²) in [5.41, 5.74) is 6.68. The molecule has 0 aromatic heterocycles. The number of nitrogens with one attached hydrogen (secondary N) is 2. The van der Waals surface area contributed by atoms with E-state index in [0.29, 0.717) is 30.5 Å². The highest BCUT2D eigenvalue weighted by molar-refractivity contribution is 6.44. The van der Waals surface area contributed by atoms with Crippen molar-refractivity contribution in [2.75, 3.05) is 11.9 Å². The lowest BCUT2D eigenvalue weighted by atomic mass is 10.0. The fourth-order valence-corrected chi connectivity index (χ4v) is 3.58. The molecule has 0 aliphatic heterocycles. The second-order valence-electron chi connectivity index (χ2n) is 8.04. The Morgan fingerprint density at radius 1 is 0.941 bits per heavy atom. The molecule has 176 valence electrons. The average molecular weight is 462 g/mol. The van der Waals surface area contributed by atoms with Crippen molar-refractivity contribution in [1.82, 2.24) is 5.32 Å². The van der Waals surface area contributed by atoms with Crippen LogP contribution < -0.4 is 16.4 Å². The van der Waals surface area contributed by atoms with Crippen LogP contribution in [0.15, 0.2) is 60.7 Å². The van der Waals surface area contributed by atoms with E-state index in [1.54, 1.807) is 31.2 Å². The van der Waals surface area contributed by atoms with Gasteiger partial charge in [-0.25, -0.2) is 4.79 Å². The SMILES string of the molecule is Cc1ccc(NC(=O)c2ccc3ccccc3c2)c(C(=O)C(=O)NC(CCCCN)C(=O)O)c1. The fourth-order valence-electron chi connectivity index (χ4n) is 3.58. The van der Waals surface area contributed by atoms with Gasteiger partial charge in [0.15, 0.2) is 0 Å². The second kappa shape index (κ2) is 11.2. The van der Waals surface area contributed by atoms with Gasteiger partial charge in [0.05, 0.1) is 11.3 Å². The number of carbonyl (C=O) groups is 4. The molecule has 0 aliphatic rings. The second-order valence-corrected chi connectivity index (χ2v) is 8.04. The third-order valence-electron chi connectivity index (χ3n) is 5.44. The van der Waals surface area contributed by atoms with Gasteiger partial charge in [-0.3, -0.25) is 14.4 Å². The van der Waals surface area contributed by atoms with Crippen molar-refractivity contribution < 1.29 is 24.3 Å². The van der Waals surface area contributed by atoms with E-state index in [1.165, 1.54) is 6.07 Å². The van der Waals surface area contributed by atoms with Crippen LogP contribution >= 0.6 is 0 Å². The summed E-state index contributed by atoms with van der Waals surface area (Å²) in [5.74, 6) is -3.64. The van der Waals surface area contributed by atoms with Gasteiger partial charge in [-0.2, -0.15) is 0 Å². The predicted molar refractivity (Wildman–Crippen MR) is 130 cm³/mol. The van der Waals surface area contributed by atoms with Crippen molar-refractivity contribution in [2.24, 2.45) is 5.73 Å². The van der Waals surface area contributed by atoms with E-state index in [2.05, 4.69) is 10.6 Å². The first-order valence-electron chi connectivity index (χ1n) is 11.0. The molecule has 0 fully saturated rings. The Hall–Kier alpha value is -4.04. The van der Waals surface area contributed by atoms with Gasteiger partial charge in [-0.05, 0) is 67.8 Å². The summed E-state index contributed by atoms with van der Waals surface area (Å²) >= 11 is 0. The number of Topliss-reactive ketones (excluding diaryl/α,β-unsaturated/α-hetero) is 1. The Balaban J connectivity index is 1.80. The molecule has 8 heteroatoms. The normalized spacial score (nSPS) is 11.6. The zero-order valence-electron chi connectivity index (χ0n) is 18.8. The number of fused-ring (bicyclic) bond motifs is 1. The average Bonchev–Trinajstić information content (AvgIpc) is 2.83. The first-order valence-corrected chi connectivity index (χ1v) is 11.0. The summed E-state index contributed by atoms with van der Waals surface area (Å²) in [4.78, 5) is 49.9. The zero-order chi connectivity index (χ0) is 24.7. The lowest BCUT2D eigenvalue weighted by molar-refractivity contribution is -0.141. The van der Waals surface area contributed by atoms with Crippen LogP contribution in [0.2, 0.25) is 0 Å². The molecule has 1 atom stereocenters. The Morgan fingerprint density at radius 2 is 1.68 bits per heavy atom. The van der Waals surface area contributed by atoms with Crippen molar-refractivity contribution in [3.8, 4) is 0 Å². The smallest absolute Gasteiger partial charge is 0.326 e. The molecule has 0 spiro atoms. The number of rotatable bonds is 10. The minimum atomic E-state index is -1.23. The van der Waals surface area contributed by atoms with Crippen LogP contribution in [0.4, 0.5) is 5.69 Å². The zero-order valence-corrected chi connectivity index (χ0v) is 18.8. The largest absolute Gasteiger partial charge is 0.480 e. The van der Waals surface area contributed by atoms with E-state index in [9.17, 15) is 24.3 Å². The van der Waals surface area contributed by atoms with Crippen molar-refractivity contribution in [3.05, 3.63) is 77.4 Å². The molecule has 3 aromatic rings. The minimum absolute atomic E-state index is 0.0160. The van der Waals surface area contributed by atoms with Gasteiger partial charge in [-0.1, -0.05) is 42.0 Å². The molecule has 3 rings (SSSR count). The van der Waals surface area contributed by atoms with Gasteiger partial charge in [0.25, 0.3) is 17.6 Å². The molecule has 3 aromatic carbocycles. The summed E-state index contributed by atoms with van der Waals surface area (Å²) < 4.78 is 0. The number of carboxylic acid groups (broad SMARTS) is 1. The summed E-state index contributed by atoms with van der Waals surface area (Å²) in [7, 11) is 0. The Morgan fingerprint density at radius 3 is 2.38 bits per heavy atom. The first-order chi connectivity index (χ1) is 16.3. The molecule has 0 saturated carbocycles. The number of anilines is 1. The van der Waals surface area contributed by atoms with Crippen LogP contribution in [0, 0.1) is 6.92 Å². The van der Waals surface area contributed by atoms with E-state index >= 15 is 0 Å². The quantitative estimate of drug-likeness (QED) is 0.208. The van der Waals surface area contributed by atoms with Crippen molar-refractivity contribution in [3.63, 3.8) is 0 Å². The van der Waals surface area contributed by atoms with Gasteiger partial charge < -0.3 is 21.5 Å². The van der Waals surface area contributed by atoms with E-state index in [-0.39, 0.29) is 17.7 Å². The number of aryl methyl sites for hydroxylation is 1. The van der Waals surface area contributed by atoms with E-state index < -0.39 is 29.6 Å². The minimum Gasteiger partial charge on any atom is -0.480 e. The number of amides is 2. The number of hydrogen-bond acceptors (Lipinski definition) is 5. The van der Waals surface area contributed by atoms with Crippen molar-refractivity contribution >= 4 is 40.0 Å². The molecule has 8 nitrogen and oxygen atoms in total. The summed E-state index contributed by atoms with van der Waals surface area (Å²) in [6, 6.07) is 16.4. The van der Waals surface area contributed by atoms with Gasteiger partial charge in [-0.15, -0.1) is 0 Å². The van der Waals surface area contributed by atoms with Gasteiger partial charge in [0, 0.05) is 5.56 Å². The molecule has 34 heavy (non-hydrogen) atoms. The standard InChI is InChI=1S/C26H27N3O5/c1-16-9-12-21(28-24(31)19-11-10-17-6-2-3-7-18(17)15-19)20(14-16)23(30)25(32)29-22(26(33)34)8-4-5-13-27/h2-3,6-7,9-12,14-15,22H,4-5,8,13,27H2,1H3,(H,28,31)(H,29,32)(H,33,34). The molecular weight excluding hydrogens is 434 g/mol. The number of ketones is 1. The van der Waals surface area contributed by atoms with Crippen LogP contribution in [0.3, 0.4) is 0 Å². The molecule has 0 saturated heterocycles. The molecule has 0 radical (unpaired) electrons. The Kier molecular flexibility index (Phi) is 8.10. The van der Waals surface area contributed by atoms with E-state index in [4.69, 9.17) is 5.73 Å². The fraction of sp³-hybridized carbons (Fsp3) is 0.231. The van der Waals surface area contributed by atoms with Crippen LogP contribution in [-0.2, 0) is 9.59 Å². The molecule has 2 amide bonds. The van der Waals surface area contributed by atoms with Gasteiger partial charge in [0.1, 0.15) is 6.04 Å². The predicted octanol–water partition coefficient (Wildman–Crippen LogP) is 3.28. The van der Waals surface area contributed by atoms with Gasteiger partial charge >= 0.3 is 5.97 Å². The monoisotopic (exact) mass is 461 g/mol. The lowest BCUT2D eigenvalue weighted by Gasteiger charge is -2.15. The summed E-state index contributed by atoms with van der Waals surface area (Å²) in [5, 5.41) is 16.2. The molecule has 5 N–H and O–H groups in total. The number of hydrogen-bond donors (Lipinski definition) is 4. The maximum absolute atomic E-state index is 12.9. The highest BCUT2D eigenvalue weighted by Crippen LogP contribution is 2.21. The van der Waals surface area contributed by atoms with Gasteiger partial charge in [0.2, 0.25) is 0 Å². The lowest BCUT2D eigenvalue weighted by Crippen LogP contribution is -2.44. The Labute approximate surface area is 197 Å². The summed E-state index contributed by atoms with van der Waals surface area (Å²) in [6.07, 6.45) is 1.26. The van der Waals surface area contributed by atoms with Crippen LogP contribution in [0.5, 0.6) is 0 Å². The van der Waals surface area contributed by atoms with E-state index in [0.717, 1.165) is 10.8 Å². The van der Waals surface area contributed by atoms with Crippen molar-refractivity contribution in [2.45, 2.75) is 32.2 Å². The highest BCUT2D eigenvalue weighted by Gasteiger charge is 2.26. The third kappa shape index (κ3) is 6.05. The number of carbonyl (C=O) groups excluding carboxylic acids is 3. The van der Waals surface area contributed by atoms with Crippen LogP contribution in [0.25, 0.3) is 10.8 Å².